The van der Waals surface area contributed by atoms with E-state index in [9.17, 15) is 14.0 Å². The number of ether oxygens (including phenoxy) is 2. The first kappa shape index (κ1) is 16.9. The molecular formula is C14H24FNO4. The van der Waals surface area contributed by atoms with E-state index in [1.807, 2.05) is 0 Å². The van der Waals surface area contributed by atoms with E-state index in [1.54, 1.807) is 20.8 Å². The molecule has 1 aliphatic rings. The first-order valence-corrected chi connectivity index (χ1v) is 6.98. The summed E-state index contributed by atoms with van der Waals surface area (Å²) in [6.45, 7) is 6.10. The maximum absolute atomic E-state index is 13.5. The number of halogens is 1. The Balaban J connectivity index is 2.43. The molecule has 0 spiro atoms. The molecule has 0 saturated carbocycles. The van der Waals surface area contributed by atoms with Gasteiger partial charge < -0.3 is 14.3 Å². The topological polar surface area (TPSA) is 55.8 Å². The molecule has 0 unspecified atom stereocenters. The van der Waals surface area contributed by atoms with E-state index in [0.717, 1.165) is 6.29 Å². The van der Waals surface area contributed by atoms with Gasteiger partial charge in [-0.1, -0.05) is 0 Å². The van der Waals surface area contributed by atoms with Gasteiger partial charge in [0, 0.05) is 19.4 Å². The van der Waals surface area contributed by atoms with Crippen LogP contribution in [-0.4, -0.2) is 54.9 Å². The summed E-state index contributed by atoms with van der Waals surface area (Å²) < 4.78 is 24.2. The smallest absolute Gasteiger partial charge is 0.410 e. The number of carbonyl (C=O) groups excluding carboxylic acids is 2. The predicted molar refractivity (Wildman–Crippen MR) is 72.4 cm³/mol. The van der Waals surface area contributed by atoms with Crippen molar-refractivity contribution in [3.8, 4) is 0 Å². The second-order valence-electron chi connectivity index (χ2n) is 6.00. The van der Waals surface area contributed by atoms with E-state index >= 15 is 0 Å². The molecule has 0 aromatic carbocycles. The van der Waals surface area contributed by atoms with Crippen molar-refractivity contribution in [2.75, 3.05) is 19.8 Å². The van der Waals surface area contributed by atoms with Gasteiger partial charge in [-0.25, -0.2) is 9.18 Å². The van der Waals surface area contributed by atoms with Crippen molar-refractivity contribution in [2.45, 2.75) is 57.8 Å². The first-order valence-electron chi connectivity index (χ1n) is 6.98. The number of aldehydes is 1. The Kier molecular flexibility index (Phi) is 6.39. The summed E-state index contributed by atoms with van der Waals surface area (Å²) in [4.78, 5) is 23.6. The zero-order valence-corrected chi connectivity index (χ0v) is 12.4. The molecule has 1 rings (SSSR count). The zero-order chi connectivity index (χ0) is 15.2. The first-order chi connectivity index (χ1) is 9.33. The number of carbonyl (C=O) groups is 2. The zero-order valence-electron chi connectivity index (χ0n) is 12.4. The maximum atomic E-state index is 13.5. The summed E-state index contributed by atoms with van der Waals surface area (Å²) in [5.41, 5.74) is -0.596. The van der Waals surface area contributed by atoms with Gasteiger partial charge in [0.25, 0.3) is 0 Å². The summed E-state index contributed by atoms with van der Waals surface area (Å²) in [5, 5.41) is 0. The fraction of sp³-hybridized carbons (Fsp3) is 0.857. The molecule has 1 saturated heterocycles. The number of amides is 1. The molecular weight excluding hydrogens is 265 g/mol. The molecule has 0 aromatic rings. The lowest BCUT2D eigenvalue weighted by atomic mass is 10.2. The third-order valence-corrected chi connectivity index (χ3v) is 2.91. The fourth-order valence-electron chi connectivity index (χ4n) is 2.05. The van der Waals surface area contributed by atoms with Crippen molar-refractivity contribution in [3.05, 3.63) is 0 Å². The third kappa shape index (κ3) is 5.86. The second kappa shape index (κ2) is 7.57. The number of unbranched alkanes of at least 4 members (excludes halogenated alkanes) is 1. The van der Waals surface area contributed by atoms with Crippen molar-refractivity contribution in [1.82, 2.24) is 4.90 Å². The number of nitrogens with zero attached hydrogens (tertiary/aromatic N) is 1. The van der Waals surface area contributed by atoms with Gasteiger partial charge in [-0.05, 0) is 27.2 Å². The van der Waals surface area contributed by atoms with E-state index in [1.165, 1.54) is 4.90 Å². The van der Waals surface area contributed by atoms with Gasteiger partial charge in [-0.3, -0.25) is 4.90 Å². The molecule has 1 fully saturated rings. The minimum Gasteiger partial charge on any atom is -0.444 e. The highest BCUT2D eigenvalue weighted by Gasteiger charge is 2.37. The minimum absolute atomic E-state index is 0.0529. The van der Waals surface area contributed by atoms with Crippen LogP contribution in [-0.2, 0) is 14.3 Å². The van der Waals surface area contributed by atoms with Crippen LogP contribution in [0.2, 0.25) is 0 Å². The Morgan fingerprint density at radius 1 is 1.45 bits per heavy atom. The Labute approximate surface area is 119 Å². The van der Waals surface area contributed by atoms with Gasteiger partial charge in [0.15, 0.2) is 0 Å². The second-order valence-corrected chi connectivity index (χ2v) is 6.00. The lowest BCUT2D eigenvalue weighted by molar-refractivity contribution is -0.108. The number of likely N-dealkylation sites (tertiary alicyclic amines) is 1. The maximum Gasteiger partial charge on any atom is 0.410 e. The number of rotatable bonds is 6. The van der Waals surface area contributed by atoms with Crippen LogP contribution >= 0.6 is 0 Å². The molecule has 0 N–H and O–H groups in total. The van der Waals surface area contributed by atoms with E-state index in [0.29, 0.717) is 19.4 Å². The molecule has 20 heavy (non-hydrogen) atoms. The molecule has 116 valence electrons. The summed E-state index contributed by atoms with van der Waals surface area (Å²) in [7, 11) is 0. The van der Waals surface area contributed by atoms with Crippen molar-refractivity contribution < 1.29 is 23.5 Å². The summed E-state index contributed by atoms with van der Waals surface area (Å²) >= 11 is 0. The van der Waals surface area contributed by atoms with Crippen molar-refractivity contribution in [3.63, 3.8) is 0 Å². The largest absolute Gasteiger partial charge is 0.444 e. The minimum atomic E-state index is -1.04. The van der Waals surface area contributed by atoms with Crippen LogP contribution in [0.4, 0.5) is 9.18 Å². The molecule has 0 radical (unpaired) electrons. The fourth-order valence-corrected chi connectivity index (χ4v) is 2.05. The predicted octanol–water partition coefficient (Wildman–Crippen LogP) is 2.33. The average Bonchev–Trinajstić information content (AvgIpc) is 2.68. The van der Waals surface area contributed by atoms with Gasteiger partial charge in [0.2, 0.25) is 0 Å². The van der Waals surface area contributed by atoms with Gasteiger partial charge in [0.05, 0.1) is 19.2 Å². The number of hydrogen-bond donors (Lipinski definition) is 0. The third-order valence-electron chi connectivity index (χ3n) is 2.91. The SMILES string of the molecule is CC(C)(C)OC(=O)N1C[C@@H](F)C[C@H]1COCCCC=O. The van der Waals surface area contributed by atoms with Crippen molar-refractivity contribution in [1.29, 1.82) is 0 Å². The standard InChI is InChI=1S/C14H24FNO4/c1-14(2,3)20-13(18)16-9-11(15)8-12(16)10-19-7-5-4-6-17/h6,11-12H,4-5,7-10H2,1-3H3/t11-,12-/m0/s1. The van der Waals surface area contributed by atoms with Crippen LogP contribution in [0.1, 0.15) is 40.0 Å². The molecule has 5 nitrogen and oxygen atoms in total. The molecule has 0 aliphatic carbocycles. The van der Waals surface area contributed by atoms with Crippen LogP contribution in [0.3, 0.4) is 0 Å². The molecule has 1 aliphatic heterocycles. The molecule has 2 atom stereocenters. The quantitative estimate of drug-likeness (QED) is 0.556. The Bertz CT molecular complexity index is 330. The summed E-state index contributed by atoms with van der Waals surface area (Å²) in [5.74, 6) is 0. The lowest BCUT2D eigenvalue weighted by Gasteiger charge is -2.28. The molecule has 1 heterocycles. The Morgan fingerprint density at radius 3 is 2.75 bits per heavy atom. The van der Waals surface area contributed by atoms with Crippen LogP contribution < -0.4 is 0 Å². The monoisotopic (exact) mass is 289 g/mol. The molecule has 6 heteroatoms. The Morgan fingerprint density at radius 2 is 2.15 bits per heavy atom. The van der Waals surface area contributed by atoms with Crippen LogP contribution in [0.5, 0.6) is 0 Å². The normalized spacial score (nSPS) is 22.9. The van der Waals surface area contributed by atoms with Crippen molar-refractivity contribution >= 4 is 12.4 Å². The van der Waals surface area contributed by atoms with Gasteiger partial charge in [-0.15, -0.1) is 0 Å². The van der Waals surface area contributed by atoms with E-state index < -0.39 is 17.9 Å². The van der Waals surface area contributed by atoms with Crippen LogP contribution in [0.25, 0.3) is 0 Å². The summed E-state index contributed by atoms with van der Waals surface area (Å²) in [6.07, 6.45) is 0.662. The summed E-state index contributed by atoms with van der Waals surface area (Å²) in [6, 6.07) is -0.295. The van der Waals surface area contributed by atoms with Crippen LogP contribution in [0, 0.1) is 0 Å². The van der Waals surface area contributed by atoms with Crippen LogP contribution in [0.15, 0.2) is 0 Å². The lowest BCUT2D eigenvalue weighted by Crippen LogP contribution is -2.42. The Hall–Kier alpha value is -1.17. The highest BCUT2D eigenvalue weighted by molar-refractivity contribution is 5.69. The van der Waals surface area contributed by atoms with Gasteiger partial charge >= 0.3 is 6.09 Å². The number of alkyl halides is 1. The molecule has 1 amide bonds. The average molecular weight is 289 g/mol. The van der Waals surface area contributed by atoms with Crippen molar-refractivity contribution in [2.24, 2.45) is 0 Å². The highest BCUT2D eigenvalue weighted by Crippen LogP contribution is 2.23. The number of hydrogen-bond acceptors (Lipinski definition) is 4. The van der Waals surface area contributed by atoms with E-state index in [2.05, 4.69) is 0 Å². The van der Waals surface area contributed by atoms with E-state index in [4.69, 9.17) is 9.47 Å². The van der Waals surface area contributed by atoms with Gasteiger partial charge in [0.1, 0.15) is 18.1 Å². The molecule has 0 bridgehead atoms. The molecule has 0 aromatic heterocycles. The van der Waals surface area contributed by atoms with Gasteiger partial charge in [-0.2, -0.15) is 0 Å². The van der Waals surface area contributed by atoms with E-state index in [-0.39, 0.29) is 25.6 Å². The highest BCUT2D eigenvalue weighted by atomic mass is 19.1.